The number of benzene rings is 2. The maximum atomic E-state index is 12.8. The van der Waals surface area contributed by atoms with E-state index in [4.69, 9.17) is 4.74 Å². The Morgan fingerprint density at radius 1 is 1.03 bits per heavy atom. The van der Waals surface area contributed by atoms with Crippen LogP contribution in [0.4, 0.5) is 4.79 Å². The fourth-order valence-corrected chi connectivity index (χ4v) is 5.15. The van der Waals surface area contributed by atoms with E-state index in [2.05, 4.69) is 34.9 Å². The molecule has 7 nitrogen and oxygen atoms in total. The van der Waals surface area contributed by atoms with Crippen molar-refractivity contribution < 1.29 is 24.2 Å². The number of amides is 2. The highest BCUT2D eigenvalue weighted by molar-refractivity contribution is 5.88. The first kappa shape index (κ1) is 23.8. The Morgan fingerprint density at radius 2 is 1.65 bits per heavy atom. The molecule has 180 valence electrons. The number of carbonyl (C=O) groups excluding carboxylic acids is 2. The highest BCUT2D eigenvalue weighted by Crippen LogP contribution is 2.44. The molecule has 2 amide bonds. The van der Waals surface area contributed by atoms with Crippen LogP contribution in [0.2, 0.25) is 0 Å². The van der Waals surface area contributed by atoms with Gasteiger partial charge in [0.25, 0.3) is 0 Å². The van der Waals surface area contributed by atoms with Gasteiger partial charge in [-0.15, -0.1) is 0 Å². The first-order valence-electron chi connectivity index (χ1n) is 12.0. The monoisotopic (exact) mass is 464 g/mol. The molecule has 2 aliphatic rings. The standard InChI is InChI=1S/C27H32N2O5/c1-3-27(2,25(31)32)29-24(30)18-14-8-9-17(18)15-28-26(33)34-16-23-21-12-6-4-10-19(21)20-11-5-7-13-22(20)23/h4-7,10-13,17-18,23H,3,8-9,14-16H2,1-2H3,(H,28,33)(H,29,30)(H,31,32). The molecule has 4 rings (SSSR count). The zero-order valence-corrected chi connectivity index (χ0v) is 19.7. The van der Waals surface area contributed by atoms with Crippen molar-refractivity contribution in [3.63, 3.8) is 0 Å². The number of rotatable bonds is 8. The van der Waals surface area contributed by atoms with Crippen molar-refractivity contribution in [2.24, 2.45) is 11.8 Å². The summed E-state index contributed by atoms with van der Waals surface area (Å²) in [6.07, 6.45) is 2.14. The van der Waals surface area contributed by atoms with Crippen LogP contribution >= 0.6 is 0 Å². The number of alkyl carbamates (subject to hydrolysis) is 1. The first-order chi connectivity index (χ1) is 16.3. The van der Waals surface area contributed by atoms with Gasteiger partial charge in [0.05, 0.1) is 0 Å². The molecule has 0 saturated heterocycles. The summed E-state index contributed by atoms with van der Waals surface area (Å²) in [6, 6.07) is 16.3. The van der Waals surface area contributed by atoms with E-state index in [1.807, 2.05) is 24.3 Å². The lowest BCUT2D eigenvalue weighted by Crippen LogP contribution is -2.54. The Hall–Kier alpha value is -3.35. The molecule has 3 unspecified atom stereocenters. The number of nitrogens with one attached hydrogen (secondary N) is 2. The van der Waals surface area contributed by atoms with E-state index in [1.54, 1.807) is 6.92 Å². The molecule has 1 saturated carbocycles. The van der Waals surface area contributed by atoms with Gasteiger partial charge in [-0.3, -0.25) is 4.79 Å². The number of carboxylic acid groups (broad SMARTS) is 1. The fraction of sp³-hybridized carbons (Fsp3) is 0.444. The number of ether oxygens (including phenoxy) is 1. The van der Waals surface area contributed by atoms with Gasteiger partial charge < -0.3 is 20.5 Å². The zero-order valence-electron chi connectivity index (χ0n) is 19.7. The van der Waals surface area contributed by atoms with Crippen LogP contribution in [0, 0.1) is 11.8 Å². The SMILES string of the molecule is CCC(C)(NC(=O)C1CCCC1CNC(=O)OCC1c2ccccc2-c2ccccc21)C(=O)O. The lowest BCUT2D eigenvalue weighted by molar-refractivity contribution is -0.147. The molecule has 0 radical (unpaired) electrons. The highest BCUT2D eigenvalue weighted by atomic mass is 16.5. The van der Waals surface area contributed by atoms with Gasteiger partial charge in [-0.2, -0.15) is 0 Å². The van der Waals surface area contributed by atoms with Gasteiger partial charge in [-0.1, -0.05) is 61.9 Å². The van der Waals surface area contributed by atoms with Crippen LogP contribution in [0.5, 0.6) is 0 Å². The number of carboxylic acids is 1. The van der Waals surface area contributed by atoms with Crippen molar-refractivity contribution >= 4 is 18.0 Å². The van der Waals surface area contributed by atoms with Gasteiger partial charge in [0, 0.05) is 18.4 Å². The number of carbonyl (C=O) groups is 3. The fourth-order valence-electron chi connectivity index (χ4n) is 5.15. The molecule has 0 heterocycles. The molecule has 7 heteroatoms. The van der Waals surface area contributed by atoms with E-state index in [0.717, 1.165) is 24.0 Å². The van der Waals surface area contributed by atoms with E-state index >= 15 is 0 Å². The van der Waals surface area contributed by atoms with Crippen molar-refractivity contribution in [1.82, 2.24) is 10.6 Å². The molecule has 0 bridgehead atoms. The van der Waals surface area contributed by atoms with Crippen molar-refractivity contribution in [3.8, 4) is 11.1 Å². The van der Waals surface area contributed by atoms with Crippen molar-refractivity contribution in [2.45, 2.75) is 51.0 Å². The Kier molecular flexibility index (Phi) is 6.91. The molecule has 0 aromatic heterocycles. The third-order valence-corrected chi connectivity index (χ3v) is 7.43. The smallest absolute Gasteiger partial charge is 0.407 e. The third kappa shape index (κ3) is 4.65. The minimum absolute atomic E-state index is 0.00843. The normalized spacial score (nSPS) is 20.6. The van der Waals surface area contributed by atoms with Crippen LogP contribution in [-0.2, 0) is 14.3 Å². The summed E-state index contributed by atoms with van der Waals surface area (Å²) in [5.74, 6) is -1.68. The average molecular weight is 465 g/mol. The minimum atomic E-state index is -1.29. The van der Waals surface area contributed by atoms with Gasteiger partial charge in [0.2, 0.25) is 5.91 Å². The first-order valence-corrected chi connectivity index (χ1v) is 12.0. The lowest BCUT2D eigenvalue weighted by Gasteiger charge is -2.28. The van der Waals surface area contributed by atoms with Crippen LogP contribution in [-0.4, -0.2) is 41.8 Å². The molecule has 3 N–H and O–H groups in total. The largest absolute Gasteiger partial charge is 0.480 e. The number of fused-ring (bicyclic) bond motifs is 3. The molecule has 3 atom stereocenters. The summed E-state index contributed by atoms with van der Waals surface area (Å²) in [4.78, 5) is 36.9. The van der Waals surface area contributed by atoms with Crippen molar-refractivity contribution in [2.75, 3.05) is 13.2 Å². The van der Waals surface area contributed by atoms with Crippen LogP contribution in [0.15, 0.2) is 48.5 Å². The van der Waals surface area contributed by atoms with Crippen LogP contribution in [0.3, 0.4) is 0 Å². The summed E-state index contributed by atoms with van der Waals surface area (Å²) >= 11 is 0. The van der Waals surface area contributed by atoms with Gasteiger partial charge in [0.1, 0.15) is 12.1 Å². The molecule has 0 aliphatic heterocycles. The minimum Gasteiger partial charge on any atom is -0.480 e. The summed E-state index contributed by atoms with van der Waals surface area (Å²) < 4.78 is 5.60. The molecule has 2 aromatic carbocycles. The predicted octanol–water partition coefficient (Wildman–Crippen LogP) is 4.31. The number of hydrogen-bond donors (Lipinski definition) is 3. The summed E-state index contributed by atoms with van der Waals surface area (Å²) in [7, 11) is 0. The molecule has 34 heavy (non-hydrogen) atoms. The third-order valence-electron chi connectivity index (χ3n) is 7.43. The zero-order chi connectivity index (χ0) is 24.3. The molecule has 2 aromatic rings. The Labute approximate surface area is 199 Å². The summed E-state index contributed by atoms with van der Waals surface area (Å²) in [5, 5.41) is 15.0. The van der Waals surface area contributed by atoms with Gasteiger partial charge in [-0.05, 0) is 54.4 Å². The molecular formula is C27H32N2O5. The second-order valence-electron chi connectivity index (χ2n) is 9.48. The topological polar surface area (TPSA) is 105 Å². The van der Waals surface area contributed by atoms with Crippen molar-refractivity contribution in [1.29, 1.82) is 0 Å². The van der Waals surface area contributed by atoms with Crippen LogP contribution < -0.4 is 10.6 Å². The summed E-state index contributed by atoms with van der Waals surface area (Å²) in [5.41, 5.74) is 3.37. The Morgan fingerprint density at radius 3 is 2.24 bits per heavy atom. The number of hydrogen-bond acceptors (Lipinski definition) is 4. The maximum absolute atomic E-state index is 12.8. The molecular weight excluding hydrogens is 432 g/mol. The van der Waals surface area contributed by atoms with E-state index in [0.29, 0.717) is 19.4 Å². The highest BCUT2D eigenvalue weighted by Gasteiger charge is 2.39. The van der Waals surface area contributed by atoms with Gasteiger partial charge in [-0.25, -0.2) is 9.59 Å². The van der Waals surface area contributed by atoms with E-state index in [1.165, 1.54) is 18.1 Å². The quantitative estimate of drug-likeness (QED) is 0.540. The van der Waals surface area contributed by atoms with Gasteiger partial charge >= 0.3 is 12.1 Å². The molecule has 1 fully saturated rings. The second kappa shape index (κ2) is 9.87. The van der Waals surface area contributed by atoms with Crippen LogP contribution in [0.1, 0.15) is 56.6 Å². The number of aliphatic carboxylic acids is 1. The Bertz CT molecular complexity index is 1040. The van der Waals surface area contributed by atoms with E-state index < -0.39 is 17.6 Å². The van der Waals surface area contributed by atoms with E-state index in [9.17, 15) is 19.5 Å². The summed E-state index contributed by atoms with van der Waals surface area (Å²) in [6.45, 7) is 3.82. The van der Waals surface area contributed by atoms with E-state index in [-0.39, 0.29) is 30.3 Å². The predicted molar refractivity (Wildman–Crippen MR) is 128 cm³/mol. The average Bonchev–Trinajstić information content (AvgIpc) is 3.44. The van der Waals surface area contributed by atoms with Gasteiger partial charge in [0.15, 0.2) is 0 Å². The lowest BCUT2D eigenvalue weighted by atomic mass is 9.92. The molecule has 2 aliphatic carbocycles. The van der Waals surface area contributed by atoms with Crippen molar-refractivity contribution in [3.05, 3.63) is 59.7 Å². The van der Waals surface area contributed by atoms with Crippen LogP contribution in [0.25, 0.3) is 11.1 Å². The Balaban J connectivity index is 1.32. The second-order valence-corrected chi connectivity index (χ2v) is 9.48. The molecule has 0 spiro atoms. The maximum Gasteiger partial charge on any atom is 0.407 e.